The average Bonchev–Trinajstić information content (AvgIpc) is 2.58. The van der Waals surface area contributed by atoms with Gasteiger partial charge in [0.25, 0.3) is 0 Å². The van der Waals surface area contributed by atoms with Crippen LogP contribution in [0.3, 0.4) is 0 Å². The molecular formula is C18H37N3O2. The first-order valence-electron chi connectivity index (χ1n) is 9.58. The standard InChI is InChI=1S/C18H37N3O2/c1-3-19-18(20-13-8-9-15-22-4-2)21-14-10-16-23-17-11-6-5-7-12-17/h17H,3-16H2,1-2H3,(H2,19,20,21). The van der Waals surface area contributed by atoms with Gasteiger partial charge in [-0.2, -0.15) is 0 Å². The minimum atomic E-state index is 0.504. The van der Waals surface area contributed by atoms with Crippen molar-refractivity contribution >= 4 is 5.96 Å². The molecule has 0 amide bonds. The van der Waals surface area contributed by atoms with Crippen LogP contribution in [0.2, 0.25) is 0 Å². The zero-order valence-corrected chi connectivity index (χ0v) is 15.2. The van der Waals surface area contributed by atoms with E-state index in [1.54, 1.807) is 0 Å². The summed E-state index contributed by atoms with van der Waals surface area (Å²) in [4.78, 5) is 4.61. The van der Waals surface area contributed by atoms with E-state index in [4.69, 9.17) is 9.47 Å². The van der Waals surface area contributed by atoms with E-state index >= 15 is 0 Å². The van der Waals surface area contributed by atoms with Crippen LogP contribution in [0.25, 0.3) is 0 Å². The molecule has 0 aliphatic heterocycles. The Morgan fingerprint density at radius 2 is 1.83 bits per heavy atom. The van der Waals surface area contributed by atoms with Gasteiger partial charge in [0, 0.05) is 39.5 Å². The lowest BCUT2D eigenvalue weighted by atomic mass is 9.98. The van der Waals surface area contributed by atoms with Gasteiger partial charge in [-0.1, -0.05) is 19.3 Å². The lowest BCUT2D eigenvalue weighted by molar-refractivity contribution is 0.0281. The van der Waals surface area contributed by atoms with E-state index in [0.29, 0.717) is 6.10 Å². The molecule has 5 heteroatoms. The van der Waals surface area contributed by atoms with Gasteiger partial charge in [0.05, 0.1) is 6.10 Å². The van der Waals surface area contributed by atoms with Gasteiger partial charge in [-0.15, -0.1) is 0 Å². The summed E-state index contributed by atoms with van der Waals surface area (Å²) in [5.41, 5.74) is 0. The number of guanidine groups is 1. The first-order valence-corrected chi connectivity index (χ1v) is 9.58. The number of rotatable bonds is 12. The number of hydrogen-bond acceptors (Lipinski definition) is 3. The van der Waals surface area contributed by atoms with Gasteiger partial charge in [-0.25, -0.2) is 0 Å². The molecule has 2 N–H and O–H groups in total. The number of ether oxygens (including phenoxy) is 2. The van der Waals surface area contributed by atoms with E-state index in [1.165, 1.54) is 32.1 Å². The quantitative estimate of drug-likeness (QED) is 0.328. The fourth-order valence-electron chi connectivity index (χ4n) is 2.76. The molecule has 0 spiro atoms. The monoisotopic (exact) mass is 327 g/mol. The van der Waals surface area contributed by atoms with Crippen molar-refractivity contribution in [3.63, 3.8) is 0 Å². The van der Waals surface area contributed by atoms with E-state index in [0.717, 1.165) is 64.7 Å². The molecule has 0 aromatic rings. The maximum Gasteiger partial charge on any atom is 0.191 e. The second-order valence-corrected chi connectivity index (χ2v) is 6.08. The number of aliphatic imine (C=N–C) groups is 1. The number of nitrogens with zero attached hydrogens (tertiary/aromatic N) is 1. The second kappa shape index (κ2) is 14.8. The van der Waals surface area contributed by atoms with Crippen LogP contribution in [-0.4, -0.2) is 51.5 Å². The van der Waals surface area contributed by atoms with Crippen LogP contribution in [0.4, 0.5) is 0 Å². The van der Waals surface area contributed by atoms with Crippen molar-refractivity contribution in [3.05, 3.63) is 0 Å². The molecule has 1 aliphatic carbocycles. The summed E-state index contributed by atoms with van der Waals surface area (Å²) in [6.07, 6.45) is 10.2. The molecule has 0 heterocycles. The van der Waals surface area contributed by atoms with Crippen LogP contribution in [0.1, 0.15) is 65.2 Å². The zero-order chi connectivity index (χ0) is 16.6. The summed E-state index contributed by atoms with van der Waals surface area (Å²) >= 11 is 0. The molecule has 0 unspecified atom stereocenters. The molecular weight excluding hydrogens is 290 g/mol. The smallest absolute Gasteiger partial charge is 0.191 e. The van der Waals surface area contributed by atoms with Crippen LogP contribution in [-0.2, 0) is 9.47 Å². The number of hydrogen-bond donors (Lipinski definition) is 2. The molecule has 136 valence electrons. The summed E-state index contributed by atoms with van der Waals surface area (Å²) in [5, 5.41) is 6.67. The Labute approximate surface area is 142 Å². The molecule has 0 atom stereocenters. The van der Waals surface area contributed by atoms with Crippen molar-refractivity contribution in [1.82, 2.24) is 10.6 Å². The maximum absolute atomic E-state index is 5.94. The third-order valence-corrected chi connectivity index (χ3v) is 4.03. The number of unbranched alkanes of at least 4 members (excludes halogenated alkanes) is 1. The van der Waals surface area contributed by atoms with Crippen LogP contribution < -0.4 is 10.6 Å². The van der Waals surface area contributed by atoms with Crippen LogP contribution in [0, 0.1) is 0 Å². The molecule has 1 rings (SSSR count). The molecule has 1 fully saturated rings. The molecule has 0 saturated heterocycles. The van der Waals surface area contributed by atoms with Crippen molar-refractivity contribution in [3.8, 4) is 0 Å². The zero-order valence-electron chi connectivity index (χ0n) is 15.2. The van der Waals surface area contributed by atoms with Crippen LogP contribution >= 0.6 is 0 Å². The van der Waals surface area contributed by atoms with Crippen LogP contribution in [0.15, 0.2) is 4.99 Å². The largest absolute Gasteiger partial charge is 0.382 e. The van der Waals surface area contributed by atoms with E-state index in [-0.39, 0.29) is 0 Å². The third kappa shape index (κ3) is 11.4. The van der Waals surface area contributed by atoms with Crippen molar-refractivity contribution in [2.24, 2.45) is 4.99 Å². The van der Waals surface area contributed by atoms with E-state index < -0.39 is 0 Å². The SMILES string of the molecule is CCNC(=NCCCOC1CCCCC1)NCCCCOCC. The molecule has 23 heavy (non-hydrogen) atoms. The summed E-state index contributed by atoms with van der Waals surface area (Å²) in [7, 11) is 0. The van der Waals surface area contributed by atoms with Gasteiger partial charge in [0.15, 0.2) is 5.96 Å². The van der Waals surface area contributed by atoms with Gasteiger partial charge in [-0.05, 0) is 46.0 Å². The Balaban J connectivity index is 2.05. The fourth-order valence-corrected chi connectivity index (χ4v) is 2.76. The summed E-state index contributed by atoms with van der Waals surface area (Å²) < 4.78 is 11.3. The predicted molar refractivity (Wildman–Crippen MR) is 97.2 cm³/mol. The highest BCUT2D eigenvalue weighted by Crippen LogP contribution is 2.20. The lowest BCUT2D eigenvalue weighted by Crippen LogP contribution is -2.38. The third-order valence-electron chi connectivity index (χ3n) is 4.03. The Kier molecular flexibility index (Phi) is 13.0. The minimum absolute atomic E-state index is 0.504. The normalized spacial score (nSPS) is 16.5. The Morgan fingerprint density at radius 3 is 2.57 bits per heavy atom. The van der Waals surface area contributed by atoms with Gasteiger partial charge < -0.3 is 20.1 Å². The minimum Gasteiger partial charge on any atom is -0.382 e. The highest BCUT2D eigenvalue weighted by atomic mass is 16.5. The molecule has 0 aromatic heterocycles. The molecule has 1 aliphatic rings. The summed E-state index contributed by atoms with van der Waals surface area (Å²) in [5.74, 6) is 0.918. The molecule has 5 nitrogen and oxygen atoms in total. The Morgan fingerprint density at radius 1 is 1.00 bits per heavy atom. The lowest BCUT2D eigenvalue weighted by Gasteiger charge is -2.21. The van der Waals surface area contributed by atoms with Crippen molar-refractivity contribution < 1.29 is 9.47 Å². The van der Waals surface area contributed by atoms with E-state index in [2.05, 4.69) is 22.5 Å². The summed E-state index contributed by atoms with van der Waals surface area (Å²) in [6.45, 7) is 9.28. The second-order valence-electron chi connectivity index (χ2n) is 6.08. The number of nitrogens with one attached hydrogen (secondary N) is 2. The van der Waals surface area contributed by atoms with Crippen molar-refractivity contribution in [2.45, 2.75) is 71.3 Å². The fraction of sp³-hybridized carbons (Fsp3) is 0.944. The van der Waals surface area contributed by atoms with Gasteiger partial charge in [-0.3, -0.25) is 4.99 Å². The Bertz CT molecular complexity index is 292. The maximum atomic E-state index is 5.94. The van der Waals surface area contributed by atoms with E-state index in [1.807, 2.05) is 6.92 Å². The Hall–Kier alpha value is -0.810. The highest BCUT2D eigenvalue weighted by Gasteiger charge is 2.12. The predicted octanol–water partition coefficient (Wildman–Crippen LogP) is 3.10. The van der Waals surface area contributed by atoms with Crippen LogP contribution in [0.5, 0.6) is 0 Å². The molecule has 0 radical (unpaired) electrons. The average molecular weight is 328 g/mol. The first-order chi connectivity index (χ1) is 11.4. The summed E-state index contributed by atoms with van der Waals surface area (Å²) in [6, 6.07) is 0. The first kappa shape index (κ1) is 20.2. The highest BCUT2D eigenvalue weighted by molar-refractivity contribution is 5.79. The van der Waals surface area contributed by atoms with Gasteiger partial charge >= 0.3 is 0 Å². The molecule has 0 aromatic carbocycles. The molecule has 1 saturated carbocycles. The molecule has 0 bridgehead atoms. The van der Waals surface area contributed by atoms with Gasteiger partial charge in [0.1, 0.15) is 0 Å². The van der Waals surface area contributed by atoms with E-state index in [9.17, 15) is 0 Å². The van der Waals surface area contributed by atoms with Crippen molar-refractivity contribution in [2.75, 3.05) is 39.5 Å². The topological polar surface area (TPSA) is 54.9 Å². The van der Waals surface area contributed by atoms with Gasteiger partial charge in [0.2, 0.25) is 0 Å². The van der Waals surface area contributed by atoms with Crippen molar-refractivity contribution in [1.29, 1.82) is 0 Å².